The predicted octanol–water partition coefficient (Wildman–Crippen LogP) is 1.28. The molecule has 1 atom stereocenters. The molecule has 1 amide bonds. The van der Waals surface area contributed by atoms with Gasteiger partial charge in [0.2, 0.25) is 0 Å². The van der Waals surface area contributed by atoms with Gasteiger partial charge in [-0.2, -0.15) is 0 Å². The van der Waals surface area contributed by atoms with Crippen LogP contribution >= 0.6 is 27.5 Å². The van der Waals surface area contributed by atoms with Crippen LogP contribution in [0.4, 0.5) is 0 Å². The van der Waals surface area contributed by atoms with Gasteiger partial charge in [-0.1, -0.05) is 27.5 Å². The Bertz CT molecular complexity index is 452. The summed E-state index contributed by atoms with van der Waals surface area (Å²) in [5.41, 5.74) is 0.215. The van der Waals surface area contributed by atoms with E-state index in [-0.39, 0.29) is 17.1 Å². The van der Waals surface area contributed by atoms with Crippen LogP contribution in [0.5, 0.6) is 0 Å². The van der Waals surface area contributed by atoms with E-state index < -0.39 is 18.0 Å². The minimum absolute atomic E-state index is 0.215. The molecule has 0 fully saturated rings. The number of hydrogen-bond acceptors (Lipinski definition) is 3. The fourth-order valence-corrected chi connectivity index (χ4v) is 1.80. The van der Waals surface area contributed by atoms with Crippen molar-refractivity contribution in [2.45, 2.75) is 6.10 Å². The van der Waals surface area contributed by atoms with Gasteiger partial charge in [-0.25, -0.2) is 4.79 Å². The average Bonchev–Trinajstić information content (AvgIpc) is 2.25. The number of halogens is 2. The van der Waals surface area contributed by atoms with Crippen LogP contribution in [0.3, 0.4) is 0 Å². The molecule has 1 unspecified atom stereocenters. The Kier molecular flexibility index (Phi) is 4.92. The van der Waals surface area contributed by atoms with Crippen molar-refractivity contribution >= 4 is 39.4 Å². The minimum Gasteiger partial charge on any atom is -0.479 e. The first kappa shape index (κ1) is 14.0. The van der Waals surface area contributed by atoms with Gasteiger partial charge in [-0.15, -0.1) is 0 Å². The molecule has 0 saturated carbocycles. The molecule has 1 rings (SSSR count). The van der Waals surface area contributed by atoms with Crippen LogP contribution in [0.1, 0.15) is 10.4 Å². The molecule has 3 N–H and O–H groups in total. The summed E-state index contributed by atoms with van der Waals surface area (Å²) in [4.78, 5) is 21.9. The van der Waals surface area contributed by atoms with Crippen LogP contribution in [0.15, 0.2) is 22.7 Å². The van der Waals surface area contributed by atoms with E-state index in [1.54, 1.807) is 12.1 Å². The van der Waals surface area contributed by atoms with E-state index >= 15 is 0 Å². The van der Waals surface area contributed by atoms with Gasteiger partial charge in [0.25, 0.3) is 5.91 Å². The number of nitrogens with one attached hydrogen (secondary N) is 1. The molecule has 0 bridgehead atoms. The molecule has 0 aromatic heterocycles. The van der Waals surface area contributed by atoms with Crippen molar-refractivity contribution in [2.24, 2.45) is 0 Å². The Balaban J connectivity index is 2.67. The molecular weight excluding hydrogens is 313 g/mol. The molecule has 7 heteroatoms. The molecule has 92 valence electrons. The van der Waals surface area contributed by atoms with Crippen molar-refractivity contribution in [3.05, 3.63) is 33.3 Å². The normalized spacial score (nSPS) is 11.9. The summed E-state index contributed by atoms with van der Waals surface area (Å²) in [6.07, 6.45) is -1.63. The van der Waals surface area contributed by atoms with Crippen LogP contribution in [-0.4, -0.2) is 34.7 Å². The molecule has 0 spiro atoms. The maximum atomic E-state index is 11.6. The first-order chi connectivity index (χ1) is 7.91. The number of amides is 1. The topological polar surface area (TPSA) is 86.6 Å². The Morgan fingerprint density at radius 3 is 2.65 bits per heavy atom. The first-order valence-corrected chi connectivity index (χ1v) is 5.73. The summed E-state index contributed by atoms with van der Waals surface area (Å²) in [6, 6.07) is 4.67. The monoisotopic (exact) mass is 321 g/mol. The fourth-order valence-electron chi connectivity index (χ4n) is 1.05. The number of carbonyl (C=O) groups is 2. The van der Waals surface area contributed by atoms with Crippen molar-refractivity contribution < 1.29 is 19.8 Å². The highest BCUT2D eigenvalue weighted by Gasteiger charge is 2.16. The van der Waals surface area contributed by atoms with Gasteiger partial charge in [0, 0.05) is 4.47 Å². The first-order valence-electron chi connectivity index (χ1n) is 4.56. The third kappa shape index (κ3) is 3.99. The number of carboxylic acid groups (broad SMARTS) is 1. The van der Waals surface area contributed by atoms with Crippen molar-refractivity contribution in [3.8, 4) is 0 Å². The summed E-state index contributed by atoms with van der Waals surface area (Å²) < 4.78 is 0.727. The van der Waals surface area contributed by atoms with E-state index in [1.165, 1.54) is 6.07 Å². The number of aliphatic carboxylic acids is 1. The van der Waals surface area contributed by atoms with Gasteiger partial charge < -0.3 is 15.5 Å². The predicted molar refractivity (Wildman–Crippen MR) is 65.1 cm³/mol. The summed E-state index contributed by atoms with van der Waals surface area (Å²) >= 11 is 9.03. The van der Waals surface area contributed by atoms with Gasteiger partial charge in [-0.3, -0.25) is 4.79 Å². The van der Waals surface area contributed by atoms with Crippen molar-refractivity contribution in [1.29, 1.82) is 0 Å². The Hall–Kier alpha value is -1.11. The van der Waals surface area contributed by atoms with Crippen LogP contribution in [-0.2, 0) is 4.79 Å². The van der Waals surface area contributed by atoms with E-state index in [0.717, 1.165) is 4.47 Å². The molecule has 0 aliphatic rings. The average molecular weight is 323 g/mol. The Morgan fingerprint density at radius 2 is 2.12 bits per heavy atom. The SMILES string of the molecule is O=C(NCC(O)C(=O)O)c1ccc(Br)cc1Cl. The molecule has 0 radical (unpaired) electrons. The van der Waals surface area contributed by atoms with E-state index in [4.69, 9.17) is 21.8 Å². The van der Waals surface area contributed by atoms with E-state index in [9.17, 15) is 9.59 Å². The summed E-state index contributed by atoms with van der Waals surface area (Å²) in [5.74, 6) is -1.94. The second-order valence-corrected chi connectivity index (χ2v) is 4.51. The highest BCUT2D eigenvalue weighted by Crippen LogP contribution is 2.21. The van der Waals surface area contributed by atoms with Gasteiger partial charge in [0.15, 0.2) is 6.10 Å². The van der Waals surface area contributed by atoms with Crippen molar-refractivity contribution in [3.63, 3.8) is 0 Å². The minimum atomic E-state index is -1.63. The number of aliphatic hydroxyl groups is 1. The number of carboxylic acids is 1. The van der Waals surface area contributed by atoms with E-state index in [1.807, 2.05) is 0 Å². The lowest BCUT2D eigenvalue weighted by Crippen LogP contribution is -2.36. The van der Waals surface area contributed by atoms with Crippen LogP contribution in [0.2, 0.25) is 5.02 Å². The van der Waals surface area contributed by atoms with Crippen molar-refractivity contribution in [2.75, 3.05) is 6.54 Å². The maximum absolute atomic E-state index is 11.6. The lowest BCUT2D eigenvalue weighted by atomic mass is 10.2. The smallest absolute Gasteiger partial charge is 0.334 e. The third-order valence-corrected chi connectivity index (χ3v) is 2.72. The highest BCUT2D eigenvalue weighted by atomic mass is 79.9. The Morgan fingerprint density at radius 1 is 1.47 bits per heavy atom. The number of rotatable bonds is 4. The van der Waals surface area contributed by atoms with Crippen LogP contribution < -0.4 is 5.32 Å². The lowest BCUT2D eigenvalue weighted by molar-refractivity contribution is -0.146. The van der Waals surface area contributed by atoms with E-state index in [2.05, 4.69) is 21.2 Å². The summed E-state index contributed by atoms with van der Waals surface area (Å²) in [5, 5.41) is 19.9. The number of aliphatic hydroxyl groups excluding tert-OH is 1. The zero-order valence-electron chi connectivity index (χ0n) is 8.48. The highest BCUT2D eigenvalue weighted by molar-refractivity contribution is 9.10. The van der Waals surface area contributed by atoms with Gasteiger partial charge in [0.1, 0.15) is 0 Å². The summed E-state index contributed by atoms with van der Waals surface area (Å²) in [6.45, 7) is -0.374. The van der Waals surface area contributed by atoms with Crippen LogP contribution in [0, 0.1) is 0 Å². The molecule has 1 aromatic carbocycles. The number of carbonyl (C=O) groups excluding carboxylic acids is 1. The molecule has 0 aliphatic carbocycles. The molecule has 1 aromatic rings. The lowest BCUT2D eigenvalue weighted by Gasteiger charge is -2.08. The van der Waals surface area contributed by atoms with Crippen LogP contribution in [0.25, 0.3) is 0 Å². The Labute approximate surface area is 111 Å². The molecular formula is C10H9BrClNO4. The number of benzene rings is 1. The zero-order chi connectivity index (χ0) is 13.0. The van der Waals surface area contributed by atoms with E-state index in [0.29, 0.717) is 0 Å². The second-order valence-electron chi connectivity index (χ2n) is 3.19. The zero-order valence-corrected chi connectivity index (χ0v) is 10.8. The standard InChI is InChI=1S/C10H9BrClNO4/c11-5-1-2-6(7(12)3-5)9(15)13-4-8(14)10(16)17/h1-3,8,14H,4H2,(H,13,15)(H,16,17). The molecule has 0 aliphatic heterocycles. The van der Waals surface area contributed by atoms with Gasteiger partial charge in [0.05, 0.1) is 17.1 Å². The largest absolute Gasteiger partial charge is 0.479 e. The summed E-state index contributed by atoms with van der Waals surface area (Å²) in [7, 11) is 0. The maximum Gasteiger partial charge on any atom is 0.334 e. The third-order valence-electron chi connectivity index (χ3n) is 1.92. The molecule has 0 heterocycles. The molecule has 0 saturated heterocycles. The number of hydrogen-bond donors (Lipinski definition) is 3. The van der Waals surface area contributed by atoms with Gasteiger partial charge >= 0.3 is 5.97 Å². The molecule has 5 nitrogen and oxygen atoms in total. The molecule has 17 heavy (non-hydrogen) atoms. The van der Waals surface area contributed by atoms with Gasteiger partial charge in [-0.05, 0) is 18.2 Å². The van der Waals surface area contributed by atoms with Crippen molar-refractivity contribution in [1.82, 2.24) is 5.32 Å². The fraction of sp³-hybridized carbons (Fsp3) is 0.200. The quantitative estimate of drug-likeness (QED) is 0.779. The second kappa shape index (κ2) is 6.00.